The quantitative estimate of drug-likeness (QED) is 0.757. The molecule has 0 bridgehead atoms. The lowest BCUT2D eigenvalue weighted by atomic mass is 9.67. The van der Waals surface area contributed by atoms with E-state index >= 15 is 0 Å². The first kappa shape index (κ1) is 13.4. The molecule has 2 aliphatic rings. The first-order chi connectivity index (χ1) is 7.99. The predicted molar refractivity (Wildman–Crippen MR) is 73.0 cm³/mol. The van der Waals surface area contributed by atoms with Crippen LogP contribution in [0.25, 0.3) is 0 Å². The molecule has 0 aromatic rings. The van der Waals surface area contributed by atoms with E-state index in [1.54, 1.807) is 0 Å². The molecule has 2 rings (SSSR count). The van der Waals surface area contributed by atoms with Gasteiger partial charge in [0.25, 0.3) is 0 Å². The van der Waals surface area contributed by atoms with Gasteiger partial charge in [-0.3, -0.25) is 0 Å². The van der Waals surface area contributed by atoms with E-state index in [0.29, 0.717) is 5.41 Å². The molecule has 0 aromatic heterocycles. The molecule has 2 aliphatic carbocycles. The average Bonchev–Trinajstić information content (AvgIpc) is 2.26. The Balaban J connectivity index is 1.80. The molecule has 100 valence electrons. The van der Waals surface area contributed by atoms with E-state index in [9.17, 15) is 5.11 Å². The van der Waals surface area contributed by atoms with Crippen LogP contribution in [0.1, 0.15) is 84.5 Å². The summed E-state index contributed by atoms with van der Waals surface area (Å²) in [6.45, 7) is 4.63. The molecule has 2 fully saturated rings. The monoisotopic (exact) mass is 238 g/mol. The summed E-state index contributed by atoms with van der Waals surface area (Å²) in [6, 6.07) is 0. The number of hydrogen-bond donors (Lipinski definition) is 1. The van der Waals surface area contributed by atoms with Gasteiger partial charge in [0.2, 0.25) is 0 Å². The van der Waals surface area contributed by atoms with Crippen molar-refractivity contribution in [2.24, 2.45) is 11.3 Å². The summed E-state index contributed by atoms with van der Waals surface area (Å²) in [4.78, 5) is 0. The van der Waals surface area contributed by atoms with Crippen molar-refractivity contribution in [3.63, 3.8) is 0 Å². The number of aliphatic hydroxyl groups is 1. The van der Waals surface area contributed by atoms with E-state index < -0.39 is 0 Å². The Labute approximate surface area is 107 Å². The molecule has 0 heterocycles. The number of hydrogen-bond acceptors (Lipinski definition) is 1. The van der Waals surface area contributed by atoms with Crippen molar-refractivity contribution in [2.75, 3.05) is 0 Å². The minimum absolute atomic E-state index is 0.334. The van der Waals surface area contributed by atoms with E-state index in [2.05, 4.69) is 13.8 Å². The lowest BCUT2D eigenvalue weighted by Gasteiger charge is -2.42. The molecular formula is C16H30O. The molecule has 1 atom stereocenters. The van der Waals surface area contributed by atoms with Crippen LogP contribution in [-0.4, -0.2) is 10.7 Å². The van der Waals surface area contributed by atoms with Gasteiger partial charge in [-0.05, 0) is 43.4 Å². The summed E-state index contributed by atoms with van der Waals surface area (Å²) in [5.41, 5.74) is 0.0265. The molecular weight excluding hydrogens is 208 g/mol. The molecule has 0 amide bonds. The molecule has 0 aliphatic heterocycles. The molecule has 0 spiro atoms. The second kappa shape index (κ2) is 5.30. The zero-order valence-corrected chi connectivity index (χ0v) is 11.8. The third-order valence-electron chi connectivity index (χ3n) is 5.05. The van der Waals surface area contributed by atoms with Crippen molar-refractivity contribution >= 4 is 0 Å². The zero-order valence-electron chi connectivity index (χ0n) is 11.8. The van der Waals surface area contributed by atoms with E-state index in [1.807, 2.05) is 0 Å². The maximum atomic E-state index is 10.7. The Bertz CT molecular complexity index is 240. The zero-order chi connectivity index (χ0) is 12.4. The Kier molecular flexibility index (Phi) is 4.18. The standard InChI is InChI=1S/C16H30O/c1-15(2)10-6-11-16(17,13-15)12-9-14-7-4-3-5-8-14/h14,17H,3-13H2,1-2H3. The molecule has 0 saturated heterocycles. The smallest absolute Gasteiger partial charge is 0.0653 e. The van der Waals surface area contributed by atoms with E-state index in [0.717, 1.165) is 25.2 Å². The summed E-state index contributed by atoms with van der Waals surface area (Å²) >= 11 is 0. The minimum Gasteiger partial charge on any atom is -0.390 e. The Morgan fingerprint density at radius 3 is 2.35 bits per heavy atom. The van der Waals surface area contributed by atoms with E-state index in [4.69, 9.17) is 0 Å². The van der Waals surface area contributed by atoms with Gasteiger partial charge in [0, 0.05) is 0 Å². The van der Waals surface area contributed by atoms with Gasteiger partial charge in [-0.1, -0.05) is 52.4 Å². The van der Waals surface area contributed by atoms with Gasteiger partial charge in [-0.2, -0.15) is 0 Å². The van der Waals surface area contributed by atoms with Crippen molar-refractivity contribution in [3.05, 3.63) is 0 Å². The summed E-state index contributed by atoms with van der Waals surface area (Å²) in [5.74, 6) is 0.915. The highest BCUT2D eigenvalue weighted by molar-refractivity contribution is 4.91. The van der Waals surface area contributed by atoms with Crippen molar-refractivity contribution in [1.29, 1.82) is 0 Å². The Morgan fingerprint density at radius 1 is 1.00 bits per heavy atom. The molecule has 1 N–H and O–H groups in total. The second-order valence-electron chi connectivity index (χ2n) is 7.46. The van der Waals surface area contributed by atoms with Crippen LogP contribution in [0.15, 0.2) is 0 Å². The van der Waals surface area contributed by atoms with Gasteiger partial charge in [0.05, 0.1) is 5.60 Å². The van der Waals surface area contributed by atoms with Crippen LogP contribution in [0.2, 0.25) is 0 Å². The average molecular weight is 238 g/mol. The predicted octanol–water partition coefficient (Wildman–Crippen LogP) is 4.68. The van der Waals surface area contributed by atoms with Crippen LogP contribution in [-0.2, 0) is 0 Å². The first-order valence-corrected chi connectivity index (χ1v) is 7.72. The minimum atomic E-state index is -0.334. The summed E-state index contributed by atoms with van der Waals surface area (Å²) in [5, 5.41) is 10.7. The van der Waals surface area contributed by atoms with Gasteiger partial charge in [-0.25, -0.2) is 0 Å². The third-order valence-corrected chi connectivity index (χ3v) is 5.05. The van der Waals surface area contributed by atoms with E-state index in [1.165, 1.54) is 51.4 Å². The van der Waals surface area contributed by atoms with Gasteiger partial charge in [-0.15, -0.1) is 0 Å². The fraction of sp³-hybridized carbons (Fsp3) is 1.00. The van der Waals surface area contributed by atoms with Crippen LogP contribution >= 0.6 is 0 Å². The van der Waals surface area contributed by atoms with Gasteiger partial charge in [0.1, 0.15) is 0 Å². The molecule has 1 nitrogen and oxygen atoms in total. The summed E-state index contributed by atoms with van der Waals surface area (Å²) in [6.07, 6.45) is 14.0. The van der Waals surface area contributed by atoms with Gasteiger partial charge in [0.15, 0.2) is 0 Å². The Hall–Kier alpha value is -0.0400. The number of rotatable bonds is 3. The highest BCUT2D eigenvalue weighted by Crippen LogP contribution is 2.44. The molecule has 0 aromatic carbocycles. The van der Waals surface area contributed by atoms with Crippen molar-refractivity contribution in [3.8, 4) is 0 Å². The third kappa shape index (κ3) is 3.98. The molecule has 2 saturated carbocycles. The molecule has 0 radical (unpaired) electrons. The van der Waals surface area contributed by atoms with Gasteiger partial charge >= 0.3 is 0 Å². The fourth-order valence-corrected chi connectivity index (χ4v) is 4.13. The van der Waals surface area contributed by atoms with Gasteiger partial charge < -0.3 is 5.11 Å². The van der Waals surface area contributed by atoms with Crippen LogP contribution < -0.4 is 0 Å². The van der Waals surface area contributed by atoms with Crippen molar-refractivity contribution in [1.82, 2.24) is 0 Å². The summed E-state index contributed by atoms with van der Waals surface area (Å²) in [7, 11) is 0. The molecule has 1 heteroatoms. The lowest BCUT2D eigenvalue weighted by molar-refractivity contribution is -0.0495. The Morgan fingerprint density at radius 2 is 1.71 bits per heavy atom. The highest BCUT2D eigenvalue weighted by Gasteiger charge is 2.38. The van der Waals surface area contributed by atoms with Crippen molar-refractivity contribution < 1.29 is 5.11 Å². The fourth-order valence-electron chi connectivity index (χ4n) is 4.13. The topological polar surface area (TPSA) is 20.2 Å². The second-order valence-corrected chi connectivity index (χ2v) is 7.46. The van der Waals surface area contributed by atoms with E-state index in [-0.39, 0.29) is 5.60 Å². The SMILES string of the molecule is CC1(C)CCCC(O)(CCC2CCCCC2)C1. The normalized spacial score (nSPS) is 34.8. The highest BCUT2D eigenvalue weighted by atomic mass is 16.3. The first-order valence-electron chi connectivity index (χ1n) is 7.72. The van der Waals surface area contributed by atoms with Crippen LogP contribution in [0.5, 0.6) is 0 Å². The summed E-state index contributed by atoms with van der Waals surface area (Å²) < 4.78 is 0. The van der Waals surface area contributed by atoms with Crippen molar-refractivity contribution in [2.45, 2.75) is 90.1 Å². The largest absolute Gasteiger partial charge is 0.390 e. The van der Waals surface area contributed by atoms with Crippen LogP contribution in [0.4, 0.5) is 0 Å². The van der Waals surface area contributed by atoms with Crippen LogP contribution in [0.3, 0.4) is 0 Å². The molecule has 1 unspecified atom stereocenters. The van der Waals surface area contributed by atoms with Crippen LogP contribution in [0, 0.1) is 11.3 Å². The maximum absolute atomic E-state index is 10.7. The lowest BCUT2D eigenvalue weighted by Crippen LogP contribution is -2.39. The maximum Gasteiger partial charge on any atom is 0.0653 e. The molecule has 17 heavy (non-hydrogen) atoms.